The SMILES string of the molecule is Cc1cc(C(=O)NCC2CCC(Cl)CC2)cc([N+](=O)[O-])c1. The second-order valence-electron chi connectivity index (χ2n) is 5.64. The van der Waals surface area contributed by atoms with Crippen LogP contribution >= 0.6 is 11.6 Å². The summed E-state index contributed by atoms with van der Waals surface area (Å²) in [5.41, 5.74) is 0.993. The molecule has 21 heavy (non-hydrogen) atoms. The summed E-state index contributed by atoms with van der Waals surface area (Å²) in [7, 11) is 0. The monoisotopic (exact) mass is 310 g/mol. The predicted octanol–water partition coefficient (Wildman–Crippen LogP) is 3.43. The Labute approximate surface area is 128 Å². The molecule has 5 nitrogen and oxygen atoms in total. The van der Waals surface area contributed by atoms with Gasteiger partial charge in [0.25, 0.3) is 11.6 Å². The van der Waals surface area contributed by atoms with Gasteiger partial charge in [0, 0.05) is 29.6 Å². The Morgan fingerprint density at radius 2 is 2.00 bits per heavy atom. The Morgan fingerprint density at radius 1 is 1.33 bits per heavy atom. The first-order chi connectivity index (χ1) is 9.95. The minimum Gasteiger partial charge on any atom is -0.352 e. The van der Waals surface area contributed by atoms with Crippen molar-refractivity contribution >= 4 is 23.2 Å². The lowest BCUT2D eigenvalue weighted by atomic mass is 9.89. The van der Waals surface area contributed by atoms with Crippen LogP contribution < -0.4 is 5.32 Å². The minimum atomic E-state index is -0.481. The van der Waals surface area contributed by atoms with Gasteiger partial charge in [-0.1, -0.05) is 0 Å². The van der Waals surface area contributed by atoms with E-state index in [1.165, 1.54) is 12.1 Å². The van der Waals surface area contributed by atoms with Gasteiger partial charge in [0.1, 0.15) is 0 Å². The number of non-ortho nitro benzene ring substituents is 1. The zero-order valence-corrected chi connectivity index (χ0v) is 12.7. The molecule has 1 aromatic rings. The number of carbonyl (C=O) groups excluding carboxylic acids is 1. The molecule has 1 aromatic carbocycles. The molecule has 0 unspecified atom stereocenters. The van der Waals surface area contributed by atoms with Crippen LogP contribution in [0.4, 0.5) is 5.69 Å². The Kier molecular flexibility index (Phi) is 5.17. The quantitative estimate of drug-likeness (QED) is 0.526. The zero-order valence-electron chi connectivity index (χ0n) is 12.0. The first kappa shape index (κ1) is 15.8. The van der Waals surface area contributed by atoms with Crippen molar-refractivity contribution in [3.05, 3.63) is 39.4 Å². The van der Waals surface area contributed by atoms with E-state index in [0.29, 0.717) is 23.6 Å². The Bertz CT molecular complexity index is 540. The van der Waals surface area contributed by atoms with Crippen LogP contribution in [0.15, 0.2) is 18.2 Å². The molecule has 0 spiro atoms. The molecular formula is C15H19ClN2O3. The molecule has 1 saturated carbocycles. The summed E-state index contributed by atoms with van der Waals surface area (Å²) in [6.07, 6.45) is 4.00. The van der Waals surface area contributed by atoms with E-state index in [2.05, 4.69) is 5.32 Å². The molecule has 0 radical (unpaired) electrons. The minimum absolute atomic E-state index is 0.0530. The van der Waals surface area contributed by atoms with Crippen molar-refractivity contribution in [2.24, 2.45) is 5.92 Å². The van der Waals surface area contributed by atoms with Gasteiger partial charge in [-0.2, -0.15) is 0 Å². The lowest BCUT2D eigenvalue weighted by Gasteiger charge is -2.25. The number of alkyl halides is 1. The zero-order chi connectivity index (χ0) is 15.4. The maximum Gasteiger partial charge on any atom is 0.270 e. The van der Waals surface area contributed by atoms with E-state index in [0.717, 1.165) is 25.7 Å². The number of benzene rings is 1. The van der Waals surface area contributed by atoms with Gasteiger partial charge in [-0.05, 0) is 50.2 Å². The molecule has 1 N–H and O–H groups in total. The van der Waals surface area contributed by atoms with Crippen molar-refractivity contribution in [3.63, 3.8) is 0 Å². The molecule has 0 atom stereocenters. The molecule has 6 heteroatoms. The fourth-order valence-electron chi connectivity index (χ4n) is 2.66. The standard InChI is InChI=1S/C15H19ClN2O3/c1-10-6-12(8-14(7-10)18(20)21)15(19)17-9-11-2-4-13(16)5-3-11/h6-8,11,13H,2-5,9H2,1H3,(H,17,19). The van der Waals surface area contributed by atoms with Crippen molar-refractivity contribution < 1.29 is 9.72 Å². The molecule has 0 aromatic heterocycles. The third-order valence-corrected chi connectivity index (χ3v) is 4.30. The molecular weight excluding hydrogens is 292 g/mol. The Hall–Kier alpha value is -1.62. The van der Waals surface area contributed by atoms with Gasteiger partial charge in [-0.15, -0.1) is 11.6 Å². The number of nitrogens with one attached hydrogen (secondary N) is 1. The number of amides is 1. The fourth-order valence-corrected chi connectivity index (χ4v) is 2.92. The van der Waals surface area contributed by atoms with Gasteiger partial charge < -0.3 is 5.32 Å². The number of nitro groups is 1. The highest BCUT2D eigenvalue weighted by Gasteiger charge is 2.20. The number of hydrogen-bond donors (Lipinski definition) is 1. The number of halogens is 1. The number of carbonyl (C=O) groups is 1. The molecule has 114 valence electrons. The van der Waals surface area contributed by atoms with Crippen LogP contribution in [0.2, 0.25) is 0 Å². The third-order valence-electron chi connectivity index (χ3n) is 3.86. The summed E-state index contributed by atoms with van der Waals surface area (Å²) in [5.74, 6) is 0.193. The summed E-state index contributed by atoms with van der Waals surface area (Å²) in [6, 6.07) is 4.44. The topological polar surface area (TPSA) is 72.2 Å². The van der Waals surface area contributed by atoms with Crippen LogP contribution in [0.3, 0.4) is 0 Å². The van der Waals surface area contributed by atoms with Crippen molar-refractivity contribution in [1.29, 1.82) is 0 Å². The van der Waals surface area contributed by atoms with Gasteiger partial charge in [0.2, 0.25) is 0 Å². The number of hydrogen-bond acceptors (Lipinski definition) is 3. The van der Waals surface area contributed by atoms with E-state index < -0.39 is 4.92 Å². The second kappa shape index (κ2) is 6.89. The van der Waals surface area contributed by atoms with Gasteiger partial charge in [0.05, 0.1) is 4.92 Å². The van der Waals surface area contributed by atoms with Crippen LogP contribution in [-0.2, 0) is 0 Å². The van der Waals surface area contributed by atoms with Crippen LogP contribution in [0, 0.1) is 23.0 Å². The highest BCUT2D eigenvalue weighted by atomic mass is 35.5. The summed E-state index contributed by atoms with van der Waals surface area (Å²) in [5, 5.41) is 14.0. The van der Waals surface area contributed by atoms with E-state index in [-0.39, 0.29) is 17.0 Å². The van der Waals surface area contributed by atoms with Crippen molar-refractivity contribution in [1.82, 2.24) is 5.32 Å². The van der Waals surface area contributed by atoms with Gasteiger partial charge in [0.15, 0.2) is 0 Å². The Balaban J connectivity index is 1.95. The summed E-state index contributed by atoms with van der Waals surface area (Å²) in [6.45, 7) is 2.34. The molecule has 1 aliphatic carbocycles. The van der Waals surface area contributed by atoms with Gasteiger partial charge in [-0.3, -0.25) is 14.9 Å². The van der Waals surface area contributed by atoms with Crippen LogP contribution in [-0.4, -0.2) is 22.8 Å². The van der Waals surface area contributed by atoms with Gasteiger partial charge in [-0.25, -0.2) is 0 Å². The summed E-state index contributed by atoms with van der Waals surface area (Å²) >= 11 is 6.05. The van der Waals surface area contributed by atoms with Crippen LogP contribution in [0.5, 0.6) is 0 Å². The molecule has 0 saturated heterocycles. The largest absolute Gasteiger partial charge is 0.352 e. The molecule has 2 rings (SSSR count). The van der Waals surface area contributed by atoms with Crippen molar-refractivity contribution in [2.45, 2.75) is 38.0 Å². The number of aryl methyl sites for hydroxylation is 1. The second-order valence-corrected chi connectivity index (χ2v) is 6.26. The van der Waals surface area contributed by atoms with Crippen LogP contribution in [0.1, 0.15) is 41.6 Å². The molecule has 0 heterocycles. The number of nitrogens with zero attached hydrogens (tertiary/aromatic N) is 1. The molecule has 1 amide bonds. The van der Waals surface area contributed by atoms with E-state index in [1.54, 1.807) is 13.0 Å². The van der Waals surface area contributed by atoms with Crippen molar-refractivity contribution in [3.8, 4) is 0 Å². The highest BCUT2D eigenvalue weighted by molar-refractivity contribution is 6.20. The lowest BCUT2D eigenvalue weighted by molar-refractivity contribution is -0.384. The molecule has 0 aliphatic heterocycles. The highest BCUT2D eigenvalue weighted by Crippen LogP contribution is 2.27. The first-order valence-electron chi connectivity index (χ1n) is 7.14. The summed E-state index contributed by atoms with van der Waals surface area (Å²) < 4.78 is 0. The van der Waals surface area contributed by atoms with Crippen molar-refractivity contribution in [2.75, 3.05) is 6.54 Å². The molecule has 0 bridgehead atoms. The normalized spacial score (nSPS) is 21.8. The maximum atomic E-state index is 12.1. The fraction of sp³-hybridized carbons (Fsp3) is 0.533. The van der Waals surface area contributed by atoms with E-state index in [4.69, 9.17) is 11.6 Å². The van der Waals surface area contributed by atoms with Crippen LogP contribution in [0.25, 0.3) is 0 Å². The number of rotatable bonds is 4. The number of nitro benzene ring substituents is 1. The average molecular weight is 311 g/mol. The van der Waals surface area contributed by atoms with E-state index in [1.807, 2.05) is 0 Å². The van der Waals surface area contributed by atoms with E-state index >= 15 is 0 Å². The summed E-state index contributed by atoms with van der Waals surface area (Å²) in [4.78, 5) is 22.5. The maximum absolute atomic E-state index is 12.1. The molecule has 1 aliphatic rings. The average Bonchev–Trinajstić information content (AvgIpc) is 2.45. The van der Waals surface area contributed by atoms with E-state index in [9.17, 15) is 14.9 Å². The first-order valence-corrected chi connectivity index (χ1v) is 7.57. The lowest BCUT2D eigenvalue weighted by Crippen LogP contribution is -2.31. The smallest absolute Gasteiger partial charge is 0.270 e. The predicted molar refractivity (Wildman–Crippen MR) is 81.8 cm³/mol. The molecule has 1 fully saturated rings. The third kappa shape index (κ3) is 4.43. The Morgan fingerprint density at radius 3 is 2.62 bits per heavy atom. The van der Waals surface area contributed by atoms with Gasteiger partial charge >= 0.3 is 0 Å².